The van der Waals surface area contributed by atoms with Crippen molar-refractivity contribution >= 4 is 5.91 Å². The molecule has 2 N–H and O–H groups in total. The first-order chi connectivity index (χ1) is 9.15. The molecular weight excluding hydrogens is 240 g/mol. The molecule has 1 fully saturated rings. The average molecular weight is 262 g/mol. The molecule has 1 amide bonds. The molecule has 0 bridgehead atoms. The third-order valence-electron chi connectivity index (χ3n) is 3.99. The molecule has 1 aromatic carbocycles. The molecule has 1 heterocycles. The molecule has 104 valence electrons. The third kappa shape index (κ3) is 3.14. The first kappa shape index (κ1) is 14.0. The van der Waals surface area contributed by atoms with E-state index >= 15 is 0 Å². The third-order valence-corrected chi connectivity index (χ3v) is 3.99. The van der Waals surface area contributed by atoms with Crippen LogP contribution in [0.25, 0.3) is 0 Å². The number of rotatable bonds is 5. The molecule has 0 saturated carbocycles. The molecule has 4 nitrogen and oxygen atoms in total. The predicted molar refractivity (Wildman–Crippen MR) is 74.1 cm³/mol. The lowest BCUT2D eigenvalue weighted by Crippen LogP contribution is -2.45. The Hall–Kier alpha value is -1.39. The molecule has 2 rings (SSSR count). The van der Waals surface area contributed by atoms with Gasteiger partial charge >= 0.3 is 0 Å². The molecule has 0 spiro atoms. The van der Waals surface area contributed by atoms with E-state index in [1.165, 1.54) is 0 Å². The van der Waals surface area contributed by atoms with Crippen LogP contribution < -0.4 is 10.8 Å². The Bertz CT molecular complexity index is 411. The smallest absolute Gasteiger partial charge is 0.251 e. The maximum absolute atomic E-state index is 12.3. The zero-order valence-corrected chi connectivity index (χ0v) is 11.6. The van der Waals surface area contributed by atoms with E-state index in [1.54, 1.807) is 0 Å². The summed E-state index contributed by atoms with van der Waals surface area (Å²) < 4.78 is 0. The summed E-state index contributed by atoms with van der Waals surface area (Å²) in [5.41, 5.74) is 3.33. The molecule has 0 aliphatic carbocycles. The highest BCUT2D eigenvalue weighted by Gasteiger charge is 2.44. The van der Waals surface area contributed by atoms with Crippen LogP contribution in [0.15, 0.2) is 30.3 Å². The quantitative estimate of drug-likeness (QED) is 0.797. The van der Waals surface area contributed by atoms with E-state index in [0.717, 1.165) is 25.1 Å². The predicted octanol–water partition coefficient (Wildman–Crippen LogP) is 1.87. The summed E-state index contributed by atoms with van der Waals surface area (Å²) in [6, 6.07) is 9.82. The van der Waals surface area contributed by atoms with E-state index in [9.17, 15) is 4.79 Å². The van der Waals surface area contributed by atoms with Crippen LogP contribution in [0, 0.1) is 11.3 Å². The number of hydrogen-bond donors (Lipinski definition) is 2. The zero-order valence-electron chi connectivity index (χ0n) is 11.6. The first-order valence-corrected chi connectivity index (χ1v) is 6.82. The van der Waals surface area contributed by atoms with Crippen molar-refractivity contribution in [2.75, 3.05) is 13.1 Å². The monoisotopic (exact) mass is 262 g/mol. The van der Waals surface area contributed by atoms with E-state index in [2.05, 4.69) is 24.6 Å². The molecule has 1 saturated heterocycles. The minimum atomic E-state index is -0.337. The molecule has 19 heavy (non-hydrogen) atoms. The van der Waals surface area contributed by atoms with E-state index in [0.29, 0.717) is 12.5 Å². The van der Waals surface area contributed by atoms with Gasteiger partial charge in [-0.3, -0.25) is 9.63 Å². The molecule has 1 atom stereocenters. The van der Waals surface area contributed by atoms with Crippen LogP contribution in [-0.4, -0.2) is 19.0 Å². The van der Waals surface area contributed by atoms with Gasteiger partial charge in [0.15, 0.2) is 0 Å². The Kier molecular flexibility index (Phi) is 4.56. The van der Waals surface area contributed by atoms with Gasteiger partial charge in [0.2, 0.25) is 0 Å². The maximum atomic E-state index is 12.3. The second-order valence-corrected chi connectivity index (χ2v) is 5.44. The van der Waals surface area contributed by atoms with Crippen molar-refractivity contribution in [3.05, 3.63) is 35.9 Å². The molecular formula is C15H22N2O2. The Labute approximate surface area is 114 Å². The number of amides is 1. The van der Waals surface area contributed by atoms with Gasteiger partial charge in [0, 0.05) is 6.54 Å². The van der Waals surface area contributed by atoms with Crippen LogP contribution >= 0.6 is 0 Å². The minimum absolute atomic E-state index is 0.0107. The Morgan fingerprint density at radius 2 is 2.16 bits per heavy atom. The number of hydroxylamine groups is 1. The van der Waals surface area contributed by atoms with Crippen molar-refractivity contribution in [3.8, 4) is 0 Å². The Morgan fingerprint density at radius 1 is 1.42 bits per heavy atom. The lowest BCUT2D eigenvalue weighted by Gasteiger charge is -2.30. The van der Waals surface area contributed by atoms with Crippen molar-refractivity contribution < 1.29 is 9.63 Å². The number of hydrogen-bond acceptors (Lipinski definition) is 3. The van der Waals surface area contributed by atoms with Gasteiger partial charge in [-0.1, -0.05) is 44.2 Å². The maximum Gasteiger partial charge on any atom is 0.251 e. The molecule has 1 unspecified atom stereocenters. The van der Waals surface area contributed by atoms with E-state index in [-0.39, 0.29) is 11.3 Å². The fourth-order valence-corrected chi connectivity index (χ4v) is 2.52. The Morgan fingerprint density at radius 3 is 2.74 bits per heavy atom. The molecule has 0 aromatic heterocycles. The molecule has 1 aromatic rings. The van der Waals surface area contributed by atoms with Crippen LogP contribution in [0.4, 0.5) is 0 Å². The largest absolute Gasteiger partial charge is 0.316 e. The van der Waals surface area contributed by atoms with Crippen molar-refractivity contribution in [2.24, 2.45) is 11.3 Å². The summed E-state index contributed by atoms with van der Waals surface area (Å²) in [4.78, 5) is 17.7. The van der Waals surface area contributed by atoms with Gasteiger partial charge in [0.1, 0.15) is 0 Å². The zero-order chi connectivity index (χ0) is 13.7. The molecule has 1 aliphatic heterocycles. The van der Waals surface area contributed by atoms with Crippen molar-refractivity contribution in [2.45, 2.75) is 26.9 Å². The summed E-state index contributed by atoms with van der Waals surface area (Å²) in [5, 5.41) is 3.27. The number of carbonyl (C=O) groups is 1. The summed E-state index contributed by atoms with van der Waals surface area (Å²) in [6.07, 6.45) is 0.866. The average Bonchev–Trinajstić information content (AvgIpc) is 2.90. The summed E-state index contributed by atoms with van der Waals surface area (Å²) >= 11 is 0. The van der Waals surface area contributed by atoms with E-state index < -0.39 is 0 Å². The molecule has 0 radical (unpaired) electrons. The van der Waals surface area contributed by atoms with Gasteiger partial charge in [-0.05, 0) is 24.4 Å². The number of benzene rings is 1. The SMILES string of the molecule is CC(C)C1(C(=O)NOCc2ccccc2)CCNC1. The van der Waals surface area contributed by atoms with Crippen LogP contribution in [0.2, 0.25) is 0 Å². The fourth-order valence-electron chi connectivity index (χ4n) is 2.52. The first-order valence-electron chi connectivity index (χ1n) is 6.82. The summed E-state index contributed by atoms with van der Waals surface area (Å²) in [6.45, 7) is 6.19. The van der Waals surface area contributed by atoms with Gasteiger partial charge in [0.25, 0.3) is 5.91 Å². The van der Waals surface area contributed by atoms with Crippen LogP contribution in [0.5, 0.6) is 0 Å². The van der Waals surface area contributed by atoms with Crippen molar-refractivity contribution in [3.63, 3.8) is 0 Å². The molecule has 4 heteroatoms. The fraction of sp³-hybridized carbons (Fsp3) is 0.533. The highest BCUT2D eigenvalue weighted by molar-refractivity contribution is 5.82. The standard InChI is InChI=1S/C15H22N2O2/c1-12(2)15(8-9-16-11-15)14(18)17-19-10-13-6-4-3-5-7-13/h3-7,12,16H,8-11H2,1-2H3,(H,17,18). The second-order valence-electron chi connectivity index (χ2n) is 5.44. The van der Waals surface area contributed by atoms with Crippen LogP contribution in [-0.2, 0) is 16.2 Å². The van der Waals surface area contributed by atoms with Crippen LogP contribution in [0.1, 0.15) is 25.8 Å². The lowest BCUT2D eigenvalue weighted by atomic mass is 9.76. The highest BCUT2D eigenvalue weighted by atomic mass is 16.6. The Balaban J connectivity index is 1.87. The van der Waals surface area contributed by atoms with Crippen molar-refractivity contribution in [1.82, 2.24) is 10.8 Å². The van der Waals surface area contributed by atoms with Gasteiger partial charge < -0.3 is 5.32 Å². The van der Waals surface area contributed by atoms with Crippen molar-refractivity contribution in [1.29, 1.82) is 0 Å². The van der Waals surface area contributed by atoms with Gasteiger partial charge in [-0.2, -0.15) is 0 Å². The molecule has 1 aliphatic rings. The van der Waals surface area contributed by atoms with Gasteiger partial charge in [0.05, 0.1) is 12.0 Å². The summed E-state index contributed by atoms with van der Waals surface area (Å²) in [7, 11) is 0. The van der Waals surface area contributed by atoms with Gasteiger partial charge in [-0.25, -0.2) is 5.48 Å². The van der Waals surface area contributed by atoms with Gasteiger partial charge in [-0.15, -0.1) is 0 Å². The minimum Gasteiger partial charge on any atom is -0.316 e. The number of nitrogens with one attached hydrogen (secondary N) is 2. The summed E-state index contributed by atoms with van der Waals surface area (Å²) in [5.74, 6) is 0.284. The van der Waals surface area contributed by atoms with Crippen LogP contribution in [0.3, 0.4) is 0 Å². The number of carbonyl (C=O) groups excluding carboxylic acids is 1. The normalized spacial score (nSPS) is 22.7. The van der Waals surface area contributed by atoms with E-state index in [1.807, 2.05) is 30.3 Å². The topological polar surface area (TPSA) is 50.4 Å². The second kappa shape index (κ2) is 6.17. The highest BCUT2D eigenvalue weighted by Crippen LogP contribution is 2.34. The van der Waals surface area contributed by atoms with E-state index in [4.69, 9.17) is 4.84 Å². The lowest BCUT2D eigenvalue weighted by molar-refractivity contribution is -0.146.